The largest absolute Gasteiger partial charge is 0.272 e. The first-order chi connectivity index (χ1) is 9.68. The Morgan fingerprint density at radius 1 is 1.00 bits per heavy atom. The number of para-hydroxylation sites is 1. The van der Waals surface area contributed by atoms with E-state index in [1.807, 2.05) is 74.5 Å². The Morgan fingerprint density at radius 2 is 1.55 bits per heavy atom. The third kappa shape index (κ3) is 3.68. The maximum absolute atomic E-state index is 12.3. The van der Waals surface area contributed by atoms with Crippen molar-refractivity contribution >= 4 is 11.6 Å². The minimum absolute atomic E-state index is 0.0490. The van der Waals surface area contributed by atoms with E-state index in [0.717, 1.165) is 11.3 Å². The van der Waals surface area contributed by atoms with E-state index in [4.69, 9.17) is 4.84 Å². The smallest absolute Gasteiger partial charge is 0.253 e. The number of rotatable bonds is 5. The van der Waals surface area contributed by atoms with Crippen molar-refractivity contribution in [3.05, 3.63) is 66.2 Å². The van der Waals surface area contributed by atoms with Crippen molar-refractivity contribution in [3.63, 3.8) is 0 Å². The topological polar surface area (TPSA) is 29.5 Å². The molecule has 0 atom stereocenters. The Morgan fingerprint density at radius 3 is 2.10 bits per heavy atom. The average Bonchev–Trinajstić information content (AvgIpc) is 2.49. The molecular formula is C17H19NO2. The van der Waals surface area contributed by atoms with E-state index >= 15 is 0 Å². The normalized spacial score (nSPS) is 10.6. The summed E-state index contributed by atoms with van der Waals surface area (Å²) in [5.41, 5.74) is 1.78. The van der Waals surface area contributed by atoms with Gasteiger partial charge in [-0.05, 0) is 17.7 Å². The summed E-state index contributed by atoms with van der Waals surface area (Å²) in [6.45, 7) is 4.10. The van der Waals surface area contributed by atoms with Crippen LogP contribution < -0.4 is 5.06 Å². The average molecular weight is 269 g/mol. The van der Waals surface area contributed by atoms with Gasteiger partial charge in [-0.15, -0.1) is 0 Å². The Kier molecular flexibility index (Phi) is 4.91. The molecule has 0 spiro atoms. The molecule has 0 radical (unpaired) electrons. The van der Waals surface area contributed by atoms with E-state index in [2.05, 4.69) is 0 Å². The van der Waals surface area contributed by atoms with Crippen molar-refractivity contribution in [2.75, 3.05) is 5.06 Å². The van der Waals surface area contributed by atoms with Gasteiger partial charge in [0, 0.05) is 5.92 Å². The number of benzene rings is 2. The molecule has 0 bridgehead atoms. The number of amides is 1. The van der Waals surface area contributed by atoms with E-state index in [9.17, 15) is 4.79 Å². The second kappa shape index (κ2) is 6.87. The predicted octanol–water partition coefficient (Wildman–Crippen LogP) is 3.81. The lowest BCUT2D eigenvalue weighted by Crippen LogP contribution is -2.34. The molecule has 0 heterocycles. The van der Waals surface area contributed by atoms with Crippen LogP contribution in [0.4, 0.5) is 5.69 Å². The third-order valence-corrected chi connectivity index (χ3v) is 2.89. The van der Waals surface area contributed by atoms with Gasteiger partial charge in [-0.2, -0.15) is 5.06 Å². The Hall–Kier alpha value is -2.13. The first kappa shape index (κ1) is 14.3. The van der Waals surface area contributed by atoms with Crippen LogP contribution in [-0.4, -0.2) is 5.91 Å². The van der Waals surface area contributed by atoms with Crippen molar-refractivity contribution in [1.29, 1.82) is 0 Å². The third-order valence-electron chi connectivity index (χ3n) is 2.89. The van der Waals surface area contributed by atoms with Gasteiger partial charge in [-0.3, -0.25) is 9.63 Å². The van der Waals surface area contributed by atoms with Gasteiger partial charge in [0.15, 0.2) is 0 Å². The highest BCUT2D eigenvalue weighted by atomic mass is 16.7. The second-order valence-corrected chi connectivity index (χ2v) is 4.88. The van der Waals surface area contributed by atoms with Crippen molar-refractivity contribution < 1.29 is 9.63 Å². The molecule has 0 saturated heterocycles. The van der Waals surface area contributed by atoms with Crippen LogP contribution in [0.3, 0.4) is 0 Å². The Labute approximate surface area is 119 Å². The summed E-state index contributed by atoms with van der Waals surface area (Å²) in [7, 11) is 0. The number of hydrogen-bond donors (Lipinski definition) is 0. The van der Waals surface area contributed by atoms with E-state index < -0.39 is 0 Å². The Balaban J connectivity index is 2.13. The molecule has 0 N–H and O–H groups in total. The van der Waals surface area contributed by atoms with Crippen LogP contribution in [0.5, 0.6) is 0 Å². The van der Waals surface area contributed by atoms with Crippen LogP contribution in [0.25, 0.3) is 0 Å². The SMILES string of the molecule is CC(C)C(=O)N(OCc1ccccc1)c1ccccc1. The molecular weight excluding hydrogens is 250 g/mol. The molecule has 1 amide bonds. The fourth-order valence-corrected chi connectivity index (χ4v) is 1.78. The summed E-state index contributed by atoms with van der Waals surface area (Å²) in [5.74, 6) is -0.168. The molecule has 20 heavy (non-hydrogen) atoms. The molecule has 2 aromatic carbocycles. The molecule has 2 rings (SSSR count). The zero-order chi connectivity index (χ0) is 14.4. The Bertz CT molecular complexity index is 537. The van der Waals surface area contributed by atoms with Gasteiger partial charge in [0.05, 0.1) is 5.69 Å². The second-order valence-electron chi connectivity index (χ2n) is 4.88. The lowest BCUT2D eigenvalue weighted by Gasteiger charge is -2.23. The molecule has 0 aliphatic rings. The lowest BCUT2D eigenvalue weighted by atomic mass is 10.2. The van der Waals surface area contributed by atoms with Crippen LogP contribution in [0.1, 0.15) is 19.4 Å². The maximum Gasteiger partial charge on any atom is 0.253 e. The molecule has 0 unspecified atom stereocenters. The summed E-state index contributed by atoms with van der Waals surface area (Å²) >= 11 is 0. The highest BCUT2D eigenvalue weighted by Crippen LogP contribution is 2.18. The zero-order valence-corrected chi connectivity index (χ0v) is 11.8. The first-order valence-corrected chi connectivity index (χ1v) is 6.74. The van der Waals surface area contributed by atoms with Gasteiger partial charge in [0.2, 0.25) is 0 Å². The van der Waals surface area contributed by atoms with Gasteiger partial charge in [0.25, 0.3) is 5.91 Å². The highest BCUT2D eigenvalue weighted by Gasteiger charge is 2.19. The lowest BCUT2D eigenvalue weighted by molar-refractivity contribution is -0.129. The monoisotopic (exact) mass is 269 g/mol. The summed E-state index contributed by atoms with van der Waals surface area (Å²) in [6.07, 6.45) is 0. The first-order valence-electron chi connectivity index (χ1n) is 6.74. The van der Waals surface area contributed by atoms with E-state index in [1.165, 1.54) is 5.06 Å². The van der Waals surface area contributed by atoms with Crippen molar-refractivity contribution in [2.45, 2.75) is 20.5 Å². The van der Waals surface area contributed by atoms with Gasteiger partial charge in [-0.1, -0.05) is 62.4 Å². The van der Waals surface area contributed by atoms with Gasteiger partial charge in [0.1, 0.15) is 6.61 Å². The number of carbonyl (C=O) groups is 1. The molecule has 0 fully saturated rings. The molecule has 3 heteroatoms. The standard InChI is InChI=1S/C17H19NO2/c1-14(2)17(19)18(16-11-7-4-8-12-16)20-13-15-9-5-3-6-10-15/h3-12,14H,13H2,1-2H3. The summed E-state index contributed by atoms with van der Waals surface area (Å²) in [6, 6.07) is 19.2. The molecule has 2 aromatic rings. The predicted molar refractivity (Wildman–Crippen MR) is 80.0 cm³/mol. The minimum atomic E-state index is -0.119. The molecule has 3 nitrogen and oxygen atoms in total. The number of anilines is 1. The molecule has 0 aliphatic carbocycles. The summed E-state index contributed by atoms with van der Waals surface area (Å²) in [4.78, 5) is 18.0. The molecule has 0 aliphatic heterocycles. The van der Waals surface area contributed by atoms with Crippen molar-refractivity contribution in [2.24, 2.45) is 5.92 Å². The fourth-order valence-electron chi connectivity index (χ4n) is 1.78. The van der Waals surface area contributed by atoms with Crippen LogP contribution >= 0.6 is 0 Å². The fraction of sp³-hybridized carbons (Fsp3) is 0.235. The quantitative estimate of drug-likeness (QED) is 0.772. The van der Waals surface area contributed by atoms with Crippen molar-refractivity contribution in [1.82, 2.24) is 0 Å². The zero-order valence-electron chi connectivity index (χ0n) is 11.8. The van der Waals surface area contributed by atoms with Crippen LogP contribution in [0.15, 0.2) is 60.7 Å². The summed E-state index contributed by atoms with van der Waals surface area (Å²) < 4.78 is 0. The minimum Gasteiger partial charge on any atom is -0.272 e. The van der Waals surface area contributed by atoms with Gasteiger partial charge < -0.3 is 0 Å². The molecule has 0 aromatic heterocycles. The number of nitrogens with zero attached hydrogens (tertiary/aromatic N) is 1. The van der Waals surface area contributed by atoms with Crippen LogP contribution in [0.2, 0.25) is 0 Å². The van der Waals surface area contributed by atoms with Crippen molar-refractivity contribution in [3.8, 4) is 0 Å². The highest BCUT2D eigenvalue weighted by molar-refractivity contribution is 5.92. The van der Waals surface area contributed by atoms with Crippen LogP contribution in [0, 0.1) is 5.92 Å². The molecule has 0 saturated carbocycles. The van der Waals surface area contributed by atoms with Gasteiger partial charge in [-0.25, -0.2) is 0 Å². The maximum atomic E-state index is 12.3. The van der Waals surface area contributed by atoms with E-state index in [1.54, 1.807) is 0 Å². The number of carbonyl (C=O) groups excluding carboxylic acids is 1. The van der Waals surface area contributed by atoms with Gasteiger partial charge >= 0.3 is 0 Å². The number of hydrogen-bond acceptors (Lipinski definition) is 2. The molecule has 104 valence electrons. The van der Waals surface area contributed by atoms with Crippen LogP contribution in [-0.2, 0) is 16.2 Å². The summed E-state index contributed by atoms with van der Waals surface area (Å²) in [5, 5.41) is 1.39. The van der Waals surface area contributed by atoms with E-state index in [0.29, 0.717) is 6.61 Å². The van der Waals surface area contributed by atoms with E-state index in [-0.39, 0.29) is 11.8 Å². The number of hydroxylamine groups is 1.